The molecular weight excluding hydrogens is 374 g/mol. The lowest BCUT2D eigenvalue weighted by Crippen LogP contribution is -2.42. The highest BCUT2D eigenvalue weighted by atomic mass is 16.5. The van der Waals surface area contributed by atoms with Crippen LogP contribution in [-0.2, 0) is 11.3 Å². The van der Waals surface area contributed by atoms with Crippen LogP contribution in [0, 0.1) is 0 Å². The molecule has 0 spiro atoms. The third-order valence-electron chi connectivity index (χ3n) is 5.25. The summed E-state index contributed by atoms with van der Waals surface area (Å²) in [5.41, 5.74) is -0.155. The van der Waals surface area contributed by atoms with Gasteiger partial charge in [-0.3, -0.25) is 9.69 Å². The molecule has 0 bridgehead atoms. The third-order valence-corrected chi connectivity index (χ3v) is 5.25. The highest BCUT2D eigenvalue weighted by Crippen LogP contribution is 2.19. The zero-order valence-electron chi connectivity index (χ0n) is 16.7. The molecule has 2 aliphatic heterocycles. The molecule has 2 fully saturated rings. The van der Waals surface area contributed by atoms with Crippen molar-refractivity contribution in [3.8, 4) is 5.75 Å². The first kappa shape index (κ1) is 19.7. The molecule has 4 rings (SSSR count). The standard InChI is InChI=1S/C20H27N5O4/c1-27-18-14-29-16(11-17(18)26)13-24-6-2-3-15(12-24)22-19-4-5-21-20(23-19)25-7-9-28-10-8-25/h4-5,11,14-15H,2-3,6-10,12-13H2,1H3,(H,21,22,23). The van der Waals surface area contributed by atoms with E-state index >= 15 is 0 Å². The summed E-state index contributed by atoms with van der Waals surface area (Å²) in [4.78, 5) is 25.5. The summed E-state index contributed by atoms with van der Waals surface area (Å²) in [6.45, 7) is 5.46. The topological polar surface area (TPSA) is 93.0 Å². The molecule has 0 radical (unpaired) electrons. The van der Waals surface area contributed by atoms with E-state index < -0.39 is 0 Å². The molecule has 29 heavy (non-hydrogen) atoms. The molecule has 0 amide bonds. The quantitative estimate of drug-likeness (QED) is 0.770. The minimum atomic E-state index is -0.155. The molecule has 9 nitrogen and oxygen atoms in total. The minimum Gasteiger partial charge on any atom is -0.490 e. The van der Waals surface area contributed by atoms with Crippen LogP contribution in [0.15, 0.2) is 33.8 Å². The van der Waals surface area contributed by atoms with Gasteiger partial charge in [0.2, 0.25) is 17.1 Å². The number of aromatic nitrogens is 2. The van der Waals surface area contributed by atoms with E-state index in [0.717, 1.165) is 50.8 Å². The zero-order chi connectivity index (χ0) is 20.1. The first-order chi connectivity index (χ1) is 14.2. The van der Waals surface area contributed by atoms with Crippen molar-refractivity contribution >= 4 is 11.8 Å². The molecule has 1 unspecified atom stereocenters. The molecule has 2 saturated heterocycles. The number of nitrogens with zero attached hydrogens (tertiary/aromatic N) is 4. The van der Waals surface area contributed by atoms with Gasteiger partial charge >= 0.3 is 0 Å². The molecule has 1 atom stereocenters. The maximum Gasteiger partial charge on any atom is 0.227 e. The van der Waals surface area contributed by atoms with E-state index in [1.165, 1.54) is 19.4 Å². The predicted octanol–water partition coefficient (Wildman–Crippen LogP) is 1.35. The van der Waals surface area contributed by atoms with Crippen LogP contribution in [0.5, 0.6) is 5.75 Å². The Hall–Kier alpha value is -2.65. The van der Waals surface area contributed by atoms with Crippen molar-refractivity contribution in [2.45, 2.75) is 25.4 Å². The lowest BCUT2D eigenvalue weighted by atomic mass is 10.1. The second-order valence-electron chi connectivity index (χ2n) is 7.34. The van der Waals surface area contributed by atoms with Gasteiger partial charge in [-0.25, -0.2) is 4.98 Å². The van der Waals surface area contributed by atoms with Crippen LogP contribution in [0.4, 0.5) is 11.8 Å². The van der Waals surface area contributed by atoms with Gasteiger partial charge in [-0.1, -0.05) is 0 Å². The van der Waals surface area contributed by atoms with Gasteiger partial charge < -0.3 is 24.1 Å². The number of rotatable bonds is 6. The van der Waals surface area contributed by atoms with E-state index in [2.05, 4.69) is 25.1 Å². The first-order valence-electron chi connectivity index (χ1n) is 10.0. The summed E-state index contributed by atoms with van der Waals surface area (Å²) in [6.07, 6.45) is 5.32. The fourth-order valence-electron chi connectivity index (χ4n) is 3.76. The van der Waals surface area contributed by atoms with Gasteiger partial charge in [0.25, 0.3) is 0 Å². The van der Waals surface area contributed by atoms with Gasteiger partial charge in [-0.2, -0.15) is 4.98 Å². The molecule has 2 aliphatic rings. The SMILES string of the molecule is COc1coc(CN2CCCC(Nc3ccnc(N4CCOCC4)n3)C2)cc1=O. The Morgan fingerprint density at radius 2 is 2.17 bits per heavy atom. The van der Waals surface area contributed by atoms with Crippen LogP contribution >= 0.6 is 0 Å². The number of morpholine rings is 1. The molecule has 156 valence electrons. The highest BCUT2D eigenvalue weighted by molar-refractivity contribution is 5.42. The maximum atomic E-state index is 11.9. The molecule has 0 aromatic carbocycles. The van der Waals surface area contributed by atoms with Crippen LogP contribution < -0.4 is 20.4 Å². The molecular formula is C20H27N5O4. The second-order valence-corrected chi connectivity index (χ2v) is 7.34. The van der Waals surface area contributed by atoms with Gasteiger partial charge in [0, 0.05) is 37.9 Å². The van der Waals surface area contributed by atoms with Crippen molar-refractivity contribution in [3.63, 3.8) is 0 Å². The fraction of sp³-hybridized carbons (Fsp3) is 0.550. The summed E-state index contributed by atoms with van der Waals surface area (Å²) in [6, 6.07) is 3.70. The van der Waals surface area contributed by atoms with Gasteiger partial charge in [0.1, 0.15) is 17.8 Å². The van der Waals surface area contributed by atoms with Crippen molar-refractivity contribution in [1.29, 1.82) is 0 Å². The average molecular weight is 401 g/mol. The normalized spacial score (nSPS) is 20.4. The Balaban J connectivity index is 1.36. The molecule has 2 aromatic heterocycles. The lowest BCUT2D eigenvalue weighted by molar-refractivity contribution is 0.122. The van der Waals surface area contributed by atoms with E-state index in [9.17, 15) is 4.79 Å². The van der Waals surface area contributed by atoms with E-state index in [1.54, 1.807) is 6.20 Å². The number of likely N-dealkylation sites (tertiary alicyclic amines) is 1. The predicted molar refractivity (Wildman–Crippen MR) is 109 cm³/mol. The summed E-state index contributed by atoms with van der Waals surface area (Å²) in [5, 5.41) is 3.54. The smallest absolute Gasteiger partial charge is 0.227 e. The van der Waals surface area contributed by atoms with Gasteiger partial charge in [-0.05, 0) is 25.5 Å². The van der Waals surface area contributed by atoms with Crippen molar-refractivity contribution in [2.75, 3.05) is 56.7 Å². The van der Waals surface area contributed by atoms with Crippen molar-refractivity contribution < 1.29 is 13.9 Å². The summed E-state index contributed by atoms with van der Waals surface area (Å²) < 4.78 is 15.9. The van der Waals surface area contributed by atoms with Crippen molar-refractivity contribution in [2.24, 2.45) is 0 Å². The summed E-state index contributed by atoms with van der Waals surface area (Å²) in [7, 11) is 1.46. The van der Waals surface area contributed by atoms with E-state index in [4.69, 9.17) is 13.9 Å². The largest absolute Gasteiger partial charge is 0.490 e. The number of methoxy groups -OCH3 is 1. The first-order valence-corrected chi connectivity index (χ1v) is 10.0. The second kappa shape index (κ2) is 9.23. The van der Waals surface area contributed by atoms with Gasteiger partial charge in [0.05, 0.1) is 26.9 Å². The van der Waals surface area contributed by atoms with E-state index in [0.29, 0.717) is 25.5 Å². The number of hydrogen-bond acceptors (Lipinski definition) is 9. The Labute approximate surface area is 169 Å². The monoisotopic (exact) mass is 401 g/mol. The Kier molecular flexibility index (Phi) is 6.26. The molecule has 9 heteroatoms. The number of ether oxygens (including phenoxy) is 2. The van der Waals surface area contributed by atoms with Gasteiger partial charge in [-0.15, -0.1) is 0 Å². The molecule has 4 heterocycles. The van der Waals surface area contributed by atoms with E-state index in [-0.39, 0.29) is 17.2 Å². The van der Waals surface area contributed by atoms with Crippen molar-refractivity contribution in [1.82, 2.24) is 14.9 Å². The summed E-state index contributed by atoms with van der Waals surface area (Å²) in [5.74, 6) is 2.45. The van der Waals surface area contributed by atoms with Crippen LogP contribution in [0.25, 0.3) is 0 Å². The number of anilines is 2. The fourth-order valence-corrected chi connectivity index (χ4v) is 3.76. The Morgan fingerprint density at radius 1 is 1.31 bits per heavy atom. The third kappa shape index (κ3) is 5.04. The number of nitrogens with one attached hydrogen (secondary N) is 1. The van der Waals surface area contributed by atoms with Crippen LogP contribution in [0.3, 0.4) is 0 Å². The number of piperidine rings is 1. The van der Waals surface area contributed by atoms with Crippen LogP contribution in [0.1, 0.15) is 18.6 Å². The lowest BCUT2D eigenvalue weighted by Gasteiger charge is -2.33. The van der Waals surface area contributed by atoms with Crippen LogP contribution in [0.2, 0.25) is 0 Å². The zero-order valence-corrected chi connectivity index (χ0v) is 16.7. The Bertz CT molecular complexity index is 868. The van der Waals surface area contributed by atoms with Gasteiger partial charge in [0.15, 0.2) is 0 Å². The summed E-state index contributed by atoms with van der Waals surface area (Å²) >= 11 is 0. The van der Waals surface area contributed by atoms with E-state index in [1.807, 2.05) is 6.07 Å². The minimum absolute atomic E-state index is 0.155. The molecule has 0 saturated carbocycles. The highest BCUT2D eigenvalue weighted by Gasteiger charge is 2.22. The molecule has 0 aliphatic carbocycles. The van der Waals surface area contributed by atoms with Crippen LogP contribution in [-0.4, -0.2) is 67.4 Å². The molecule has 2 aromatic rings. The average Bonchev–Trinajstić information content (AvgIpc) is 2.75. The Morgan fingerprint density at radius 3 is 2.97 bits per heavy atom. The maximum absolute atomic E-state index is 11.9. The number of hydrogen-bond donors (Lipinski definition) is 1. The van der Waals surface area contributed by atoms with Crippen molar-refractivity contribution in [3.05, 3.63) is 40.6 Å². The molecule has 1 N–H and O–H groups in total.